The topological polar surface area (TPSA) is 24.9 Å². The van der Waals surface area contributed by atoms with Gasteiger partial charge < -0.3 is 9.74 Å². The largest absolute Gasteiger partial charge is 0.362 e. The number of nitrogens with zero attached hydrogens (tertiary/aromatic N) is 4. The summed E-state index contributed by atoms with van der Waals surface area (Å²) < 4.78 is 1.92. The number of fused-ring (bicyclic) bond motifs is 1. The summed E-state index contributed by atoms with van der Waals surface area (Å²) in [5, 5.41) is 0. The fraction of sp³-hybridized carbons (Fsp3) is 0.429. The maximum absolute atomic E-state index is 7.25. The second-order valence-electron chi connectivity index (χ2n) is 5.64. The summed E-state index contributed by atoms with van der Waals surface area (Å²) in [6.45, 7) is 13.7. The Morgan fingerprint density at radius 2 is 1.94 bits per heavy atom. The first-order valence-electron chi connectivity index (χ1n) is 5.92. The van der Waals surface area contributed by atoms with E-state index in [1.807, 2.05) is 29.5 Å². The van der Waals surface area contributed by atoms with E-state index in [2.05, 4.69) is 36.7 Å². The van der Waals surface area contributed by atoms with Crippen molar-refractivity contribution < 1.29 is 0 Å². The quantitative estimate of drug-likeness (QED) is 0.717. The Morgan fingerprint density at radius 3 is 2.44 bits per heavy atom. The van der Waals surface area contributed by atoms with E-state index in [0.29, 0.717) is 5.82 Å². The molecule has 0 spiro atoms. The zero-order valence-electron chi connectivity index (χ0n) is 11.5. The van der Waals surface area contributed by atoms with Crippen LogP contribution in [0.4, 0.5) is 11.6 Å². The molecular formula is C14H18N4. The van der Waals surface area contributed by atoms with Crippen LogP contribution in [0, 0.1) is 6.57 Å². The molecule has 0 bridgehead atoms. The lowest BCUT2D eigenvalue weighted by Gasteiger charge is -2.20. The molecule has 0 aromatic carbocycles. The third-order valence-electron chi connectivity index (χ3n) is 2.99. The molecule has 94 valence electrons. The van der Waals surface area contributed by atoms with Gasteiger partial charge in [0.1, 0.15) is 0 Å². The number of hydrogen-bond acceptors (Lipinski definition) is 2. The molecule has 0 amide bonds. The van der Waals surface area contributed by atoms with E-state index in [4.69, 9.17) is 6.57 Å². The second-order valence-corrected chi connectivity index (χ2v) is 5.64. The van der Waals surface area contributed by atoms with Crippen LogP contribution < -0.4 is 4.90 Å². The third kappa shape index (κ3) is 1.82. The van der Waals surface area contributed by atoms with E-state index >= 15 is 0 Å². The molecule has 4 heteroatoms. The van der Waals surface area contributed by atoms with Gasteiger partial charge >= 0.3 is 0 Å². The van der Waals surface area contributed by atoms with Crippen LogP contribution in [0.2, 0.25) is 0 Å². The Bertz CT molecular complexity index is 624. The maximum atomic E-state index is 7.25. The van der Waals surface area contributed by atoms with Gasteiger partial charge in [-0.3, -0.25) is 0 Å². The van der Waals surface area contributed by atoms with Crippen LogP contribution in [0.5, 0.6) is 0 Å². The molecule has 2 rings (SSSR count). The molecule has 0 fully saturated rings. The smallest absolute Gasteiger partial charge is 0.256 e. The summed E-state index contributed by atoms with van der Waals surface area (Å²) in [7, 11) is 3.94. The van der Waals surface area contributed by atoms with E-state index in [0.717, 1.165) is 17.0 Å². The molecule has 4 nitrogen and oxygen atoms in total. The molecule has 2 aromatic heterocycles. The standard InChI is InChI=1S/C14H18N4/c1-14(2,3)10-7-8-12(17(5)6)18-11(15-4)9-16-13(10)18/h7-9H,1-3,5-6H3. The number of rotatable bonds is 1. The van der Waals surface area contributed by atoms with Gasteiger partial charge in [0.25, 0.3) is 5.82 Å². The molecule has 0 aliphatic carbocycles. The van der Waals surface area contributed by atoms with E-state index in [1.54, 1.807) is 6.20 Å². The Hall–Kier alpha value is -2.02. The lowest BCUT2D eigenvalue weighted by molar-refractivity contribution is 0.592. The number of aromatic nitrogens is 2. The first-order chi connectivity index (χ1) is 8.36. The van der Waals surface area contributed by atoms with Crippen LogP contribution >= 0.6 is 0 Å². The molecule has 0 saturated heterocycles. The molecule has 2 aromatic rings. The average Bonchev–Trinajstić information content (AvgIpc) is 2.69. The van der Waals surface area contributed by atoms with Crippen molar-refractivity contribution in [3.05, 3.63) is 35.3 Å². The van der Waals surface area contributed by atoms with Crippen molar-refractivity contribution in [1.82, 2.24) is 9.38 Å². The molecule has 0 atom stereocenters. The van der Waals surface area contributed by atoms with Crippen LogP contribution in [0.3, 0.4) is 0 Å². The number of anilines is 1. The van der Waals surface area contributed by atoms with E-state index in [1.165, 1.54) is 0 Å². The van der Waals surface area contributed by atoms with Gasteiger partial charge in [0.15, 0.2) is 5.82 Å². The number of pyridine rings is 1. The summed E-state index contributed by atoms with van der Waals surface area (Å²) in [5.74, 6) is 1.53. The SMILES string of the molecule is [C-]#[N+]c1cnc2c(C(C)(C)C)ccc(N(C)C)n12. The predicted octanol–water partition coefficient (Wildman–Crippen LogP) is 3.25. The Balaban J connectivity index is 2.87. The Kier molecular flexibility index (Phi) is 2.78. The molecule has 0 aliphatic heterocycles. The van der Waals surface area contributed by atoms with Crippen molar-refractivity contribution in [2.45, 2.75) is 26.2 Å². The minimum atomic E-state index is 0.0107. The lowest BCUT2D eigenvalue weighted by atomic mass is 9.88. The van der Waals surface area contributed by atoms with Gasteiger partial charge in [-0.15, -0.1) is 0 Å². The molecular weight excluding hydrogens is 224 g/mol. The number of hydrogen-bond donors (Lipinski definition) is 0. The molecule has 0 radical (unpaired) electrons. The zero-order valence-corrected chi connectivity index (χ0v) is 11.5. The van der Waals surface area contributed by atoms with Gasteiger partial charge in [-0.1, -0.05) is 27.3 Å². The van der Waals surface area contributed by atoms with Gasteiger partial charge in [0.2, 0.25) is 5.65 Å². The van der Waals surface area contributed by atoms with Crippen molar-refractivity contribution >= 4 is 17.3 Å². The van der Waals surface area contributed by atoms with Gasteiger partial charge in [-0.2, -0.15) is 0 Å². The monoisotopic (exact) mass is 242 g/mol. The lowest BCUT2D eigenvalue weighted by Crippen LogP contribution is -2.17. The van der Waals surface area contributed by atoms with Crippen LogP contribution in [0.15, 0.2) is 18.3 Å². The number of imidazole rings is 1. The highest BCUT2D eigenvalue weighted by molar-refractivity contribution is 5.65. The highest BCUT2D eigenvalue weighted by atomic mass is 15.2. The van der Waals surface area contributed by atoms with Crippen molar-refractivity contribution in [2.24, 2.45) is 0 Å². The normalized spacial score (nSPS) is 11.6. The van der Waals surface area contributed by atoms with Crippen LogP contribution in [-0.2, 0) is 5.41 Å². The summed E-state index contributed by atoms with van der Waals surface area (Å²) in [6, 6.07) is 4.15. The Labute approximate surface area is 108 Å². The predicted molar refractivity (Wildman–Crippen MR) is 74.5 cm³/mol. The van der Waals surface area contributed by atoms with Gasteiger partial charge in [-0.05, 0) is 11.5 Å². The van der Waals surface area contributed by atoms with Gasteiger partial charge in [0.05, 0.1) is 6.20 Å². The van der Waals surface area contributed by atoms with Crippen molar-refractivity contribution in [3.63, 3.8) is 0 Å². The van der Waals surface area contributed by atoms with Crippen LogP contribution in [0.1, 0.15) is 26.3 Å². The molecule has 0 N–H and O–H groups in total. The summed E-state index contributed by atoms with van der Waals surface area (Å²) in [5.41, 5.74) is 2.04. The molecule has 0 saturated carbocycles. The fourth-order valence-corrected chi connectivity index (χ4v) is 2.08. The molecule has 18 heavy (non-hydrogen) atoms. The van der Waals surface area contributed by atoms with Crippen molar-refractivity contribution in [2.75, 3.05) is 19.0 Å². The van der Waals surface area contributed by atoms with Crippen LogP contribution in [-0.4, -0.2) is 23.5 Å². The molecule has 0 unspecified atom stereocenters. The highest BCUT2D eigenvalue weighted by Gasteiger charge is 2.23. The van der Waals surface area contributed by atoms with Gasteiger partial charge in [-0.25, -0.2) is 9.38 Å². The zero-order chi connectivity index (χ0) is 13.5. The maximum Gasteiger partial charge on any atom is 0.256 e. The first kappa shape index (κ1) is 12.4. The van der Waals surface area contributed by atoms with Crippen LogP contribution in [0.25, 0.3) is 10.5 Å². The average molecular weight is 242 g/mol. The van der Waals surface area contributed by atoms with E-state index in [9.17, 15) is 0 Å². The highest BCUT2D eigenvalue weighted by Crippen LogP contribution is 2.31. The van der Waals surface area contributed by atoms with Crippen molar-refractivity contribution in [3.8, 4) is 0 Å². The van der Waals surface area contributed by atoms with Gasteiger partial charge in [0, 0.05) is 25.7 Å². The third-order valence-corrected chi connectivity index (χ3v) is 2.99. The summed E-state index contributed by atoms with van der Waals surface area (Å²) >= 11 is 0. The Morgan fingerprint density at radius 1 is 1.28 bits per heavy atom. The minimum absolute atomic E-state index is 0.0107. The summed E-state index contributed by atoms with van der Waals surface area (Å²) in [6.07, 6.45) is 1.64. The first-order valence-corrected chi connectivity index (χ1v) is 5.92. The minimum Gasteiger partial charge on any atom is -0.362 e. The van der Waals surface area contributed by atoms with E-state index in [-0.39, 0.29) is 5.41 Å². The molecule has 2 heterocycles. The molecule has 0 aliphatic rings. The second kappa shape index (κ2) is 4.02. The van der Waals surface area contributed by atoms with Crippen molar-refractivity contribution in [1.29, 1.82) is 0 Å². The fourth-order valence-electron chi connectivity index (χ4n) is 2.08. The van der Waals surface area contributed by atoms with E-state index < -0.39 is 0 Å². The summed E-state index contributed by atoms with van der Waals surface area (Å²) in [4.78, 5) is 9.97.